The molecular weight excluding hydrogens is 250 g/mol. The van der Waals surface area contributed by atoms with Crippen LogP contribution in [0, 0.1) is 0 Å². The second-order valence-corrected chi connectivity index (χ2v) is 4.12. The van der Waals surface area contributed by atoms with Crippen molar-refractivity contribution < 1.29 is 0 Å². The third kappa shape index (κ3) is 3.07. The summed E-state index contributed by atoms with van der Waals surface area (Å²) in [5.74, 6) is 0.897. The Morgan fingerprint density at radius 3 is 2.39 bits per heavy atom. The number of anilines is 2. The van der Waals surface area contributed by atoms with Gasteiger partial charge in [-0.25, -0.2) is 0 Å². The fraction of sp³-hybridized carbons (Fsp3) is 0.250. The maximum absolute atomic E-state index is 5.82. The number of nitrogens with one attached hydrogen (secondary N) is 2. The topological polar surface area (TPSA) is 62.7 Å². The number of rotatable bonds is 4. The normalized spacial score (nSPS) is 11.9. The Balaban J connectivity index is 2.16. The van der Waals surface area contributed by atoms with Crippen molar-refractivity contribution in [2.75, 3.05) is 17.7 Å². The van der Waals surface area contributed by atoms with Crippen LogP contribution in [-0.4, -0.2) is 22.0 Å². The van der Waals surface area contributed by atoms with Gasteiger partial charge in [0.2, 0.25) is 17.2 Å². The zero-order chi connectivity index (χ0) is 13.0. The highest BCUT2D eigenvalue weighted by Gasteiger charge is 2.08. The van der Waals surface area contributed by atoms with Crippen molar-refractivity contribution in [3.63, 3.8) is 0 Å². The summed E-state index contributed by atoms with van der Waals surface area (Å²) < 4.78 is 0. The Hall–Kier alpha value is -1.88. The first kappa shape index (κ1) is 12.6. The molecule has 0 unspecified atom stereocenters. The second-order valence-electron chi connectivity index (χ2n) is 3.78. The zero-order valence-electron chi connectivity index (χ0n) is 10.2. The molecule has 2 rings (SSSR count). The highest BCUT2D eigenvalue weighted by Crippen LogP contribution is 2.17. The minimum absolute atomic E-state index is 0.0920. The summed E-state index contributed by atoms with van der Waals surface area (Å²) in [6.45, 7) is 2.03. The van der Waals surface area contributed by atoms with E-state index in [9.17, 15) is 0 Å². The minimum atomic E-state index is 0.0920. The van der Waals surface area contributed by atoms with Gasteiger partial charge in [-0.3, -0.25) is 0 Å². The molecule has 1 atom stereocenters. The number of hydrogen-bond acceptors (Lipinski definition) is 5. The second kappa shape index (κ2) is 5.64. The third-order valence-electron chi connectivity index (χ3n) is 2.48. The Kier molecular flexibility index (Phi) is 3.94. The predicted octanol–water partition coefficient (Wildman–Crippen LogP) is 2.74. The molecule has 1 aromatic heterocycles. The van der Waals surface area contributed by atoms with Crippen LogP contribution in [0.5, 0.6) is 0 Å². The van der Waals surface area contributed by atoms with E-state index < -0.39 is 0 Å². The maximum atomic E-state index is 5.82. The molecule has 1 heterocycles. The molecule has 0 saturated heterocycles. The summed E-state index contributed by atoms with van der Waals surface area (Å²) in [4.78, 5) is 12.2. The SMILES string of the molecule is CNc1nc(Cl)nc(N[C@H](C)c2ccccc2)n1. The molecule has 1 aromatic carbocycles. The lowest BCUT2D eigenvalue weighted by Gasteiger charge is -2.14. The quantitative estimate of drug-likeness (QED) is 0.888. The van der Waals surface area contributed by atoms with Crippen molar-refractivity contribution in [3.05, 3.63) is 41.2 Å². The van der Waals surface area contributed by atoms with Gasteiger partial charge in [-0.1, -0.05) is 30.3 Å². The van der Waals surface area contributed by atoms with E-state index in [2.05, 4.69) is 25.6 Å². The van der Waals surface area contributed by atoms with Crippen LogP contribution in [0.25, 0.3) is 0 Å². The average Bonchev–Trinajstić information content (AvgIpc) is 2.39. The summed E-state index contributed by atoms with van der Waals surface area (Å²) in [5, 5.41) is 6.19. The van der Waals surface area contributed by atoms with Crippen molar-refractivity contribution in [1.29, 1.82) is 0 Å². The van der Waals surface area contributed by atoms with Crippen LogP contribution in [0.3, 0.4) is 0 Å². The van der Waals surface area contributed by atoms with Gasteiger partial charge < -0.3 is 10.6 Å². The molecule has 0 aliphatic carbocycles. The van der Waals surface area contributed by atoms with Crippen molar-refractivity contribution in [3.8, 4) is 0 Å². The van der Waals surface area contributed by atoms with E-state index >= 15 is 0 Å². The number of aromatic nitrogens is 3. The van der Waals surface area contributed by atoms with Gasteiger partial charge in [0, 0.05) is 7.05 Å². The molecular formula is C12H14ClN5. The summed E-state index contributed by atoms with van der Waals surface area (Å²) in [6.07, 6.45) is 0. The fourth-order valence-corrected chi connectivity index (χ4v) is 1.71. The molecule has 0 amide bonds. The van der Waals surface area contributed by atoms with E-state index in [1.165, 1.54) is 0 Å². The lowest BCUT2D eigenvalue weighted by molar-refractivity contribution is 0.854. The Morgan fingerprint density at radius 1 is 1.06 bits per heavy atom. The molecule has 0 saturated carbocycles. The van der Waals surface area contributed by atoms with Gasteiger partial charge in [-0.05, 0) is 24.1 Å². The van der Waals surface area contributed by atoms with Crippen LogP contribution in [-0.2, 0) is 0 Å². The molecule has 0 bridgehead atoms. The number of halogens is 1. The standard InChI is InChI=1S/C12H14ClN5/c1-8(9-6-4-3-5-7-9)15-12-17-10(13)16-11(14-2)18-12/h3-8H,1-2H3,(H2,14,15,16,17,18)/t8-/m1/s1. The third-order valence-corrected chi connectivity index (χ3v) is 2.65. The van der Waals surface area contributed by atoms with Gasteiger partial charge in [0.25, 0.3) is 0 Å². The van der Waals surface area contributed by atoms with Crippen molar-refractivity contribution >= 4 is 23.5 Å². The van der Waals surface area contributed by atoms with Crippen LogP contribution in [0.15, 0.2) is 30.3 Å². The van der Waals surface area contributed by atoms with Crippen molar-refractivity contribution in [1.82, 2.24) is 15.0 Å². The molecule has 6 heteroatoms. The highest BCUT2D eigenvalue weighted by atomic mass is 35.5. The molecule has 2 N–H and O–H groups in total. The van der Waals surface area contributed by atoms with Crippen molar-refractivity contribution in [2.45, 2.75) is 13.0 Å². The van der Waals surface area contributed by atoms with Gasteiger partial charge in [-0.2, -0.15) is 15.0 Å². The first-order chi connectivity index (χ1) is 8.69. The number of nitrogens with zero attached hydrogens (tertiary/aromatic N) is 3. The Bertz CT molecular complexity index is 517. The summed E-state index contributed by atoms with van der Waals surface area (Å²) in [7, 11) is 1.73. The monoisotopic (exact) mass is 263 g/mol. The fourth-order valence-electron chi connectivity index (χ4n) is 1.55. The van der Waals surface area contributed by atoms with E-state index in [4.69, 9.17) is 11.6 Å². The molecule has 2 aromatic rings. The zero-order valence-corrected chi connectivity index (χ0v) is 10.9. The molecule has 0 radical (unpaired) electrons. The Labute approximate surface area is 111 Å². The molecule has 94 valence electrons. The van der Waals surface area contributed by atoms with Crippen LogP contribution in [0.4, 0.5) is 11.9 Å². The minimum Gasteiger partial charge on any atom is -0.357 e. The van der Waals surface area contributed by atoms with Gasteiger partial charge in [0.15, 0.2) is 0 Å². The molecule has 0 spiro atoms. The number of hydrogen-bond donors (Lipinski definition) is 2. The van der Waals surface area contributed by atoms with Crippen molar-refractivity contribution in [2.24, 2.45) is 0 Å². The molecule has 0 aliphatic rings. The molecule has 0 aliphatic heterocycles. The van der Waals surface area contributed by atoms with Gasteiger partial charge in [-0.15, -0.1) is 0 Å². The van der Waals surface area contributed by atoms with Crippen LogP contribution >= 0.6 is 11.6 Å². The average molecular weight is 264 g/mol. The Morgan fingerprint density at radius 2 is 1.72 bits per heavy atom. The first-order valence-electron chi connectivity index (χ1n) is 5.60. The first-order valence-corrected chi connectivity index (χ1v) is 5.97. The van der Waals surface area contributed by atoms with E-state index in [1.54, 1.807) is 7.05 Å². The smallest absolute Gasteiger partial charge is 0.229 e. The summed E-state index contributed by atoms with van der Waals surface area (Å²) in [5.41, 5.74) is 1.15. The number of benzene rings is 1. The van der Waals surface area contributed by atoms with E-state index in [-0.39, 0.29) is 11.3 Å². The van der Waals surface area contributed by atoms with E-state index in [1.807, 2.05) is 37.3 Å². The van der Waals surface area contributed by atoms with E-state index in [0.717, 1.165) is 5.56 Å². The molecule has 5 nitrogen and oxygen atoms in total. The summed E-state index contributed by atoms with van der Waals surface area (Å²) >= 11 is 5.82. The van der Waals surface area contributed by atoms with Crippen LogP contribution in [0.1, 0.15) is 18.5 Å². The molecule has 18 heavy (non-hydrogen) atoms. The molecule has 0 fully saturated rings. The lowest BCUT2D eigenvalue weighted by atomic mass is 10.1. The van der Waals surface area contributed by atoms with Crippen LogP contribution in [0.2, 0.25) is 5.28 Å². The van der Waals surface area contributed by atoms with Crippen LogP contribution < -0.4 is 10.6 Å². The maximum Gasteiger partial charge on any atom is 0.229 e. The van der Waals surface area contributed by atoms with Gasteiger partial charge in [0.05, 0.1) is 6.04 Å². The van der Waals surface area contributed by atoms with Gasteiger partial charge in [0.1, 0.15) is 0 Å². The van der Waals surface area contributed by atoms with Gasteiger partial charge >= 0.3 is 0 Å². The summed E-state index contributed by atoms with van der Waals surface area (Å²) in [6, 6.07) is 10.1. The predicted molar refractivity (Wildman–Crippen MR) is 72.9 cm³/mol. The lowest BCUT2D eigenvalue weighted by Crippen LogP contribution is -2.11. The largest absolute Gasteiger partial charge is 0.357 e. The van der Waals surface area contributed by atoms with E-state index in [0.29, 0.717) is 11.9 Å². The highest BCUT2D eigenvalue weighted by molar-refractivity contribution is 6.28.